The Balaban J connectivity index is 2.78. The van der Waals surface area contributed by atoms with Crippen molar-refractivity contribution in [2.75, 3.05) is 36.5 Å². The van der Waals surface area contributed by atoms with Gasteiger partial charge in [0, 0.05) is 31.6 Å². The van der Waals surface area contributed by atoms with Gasteiger partial charge in [-0.15, -0.1) is 0 Å². The van der Waals surface area contributed by atoms with E-state index in [1.807, 2.05) is 23.1 Å². The number of rotatable bonds is 9. The second-order valence-electron chi connectivity index (χ2n) is 5.12. The van der Waals surface area contributed by atoms with Crippen molar-refractivity contribution in [3.63, 3.8) is 0 Å². The zero-order valence-electron chi connectivity index (χ0n) is 14.3. The first-order valence-electron chi connectivity index (χ1n) is 7.84. The average Bonchev–Trinajstić information content (AvgIpc) is 2.53. The first-order valence-corrected chi connectivity index (χ1v) is 7.84. The Morgan fingerprint density at radius 3 is 2.12 bits per heavy atom. The van der Waals surface area contributed by atoms with Crippen LogP contribution in [-0.2, 0) is 23.9 Å². The van der Waals surface area contributed by atoms with E-state index < -0.39 is 0 Å². The van der Waals surface area contributed by atoms with Gasteiger partial charge in [0.25, 0.3) is 0 Å². The summed E-state index contributed by atoms with van der Waals surface area (Å²) in [6.45, 7) is 5.83. The maximum atomic E-state index is 11.5. The summed E-state index contributed by atoms with van der Waals surface area (Å²) >= 11 is 0. The molecule has 0 unspecified atom stereocenters. The van der Waals surface area contributed by atoms with Crippen molar-refractivity contribution in [2.45, 2.75) is 27.2 Å². The van der Waals surface area contributed by atoms with Crippen molar-refractivity contribution in [3.05, 3.63) is 24.3 Å². The minimum absolute atomic E-state index is 0.0708. The number of hydrogen-bond acceptors (Lipinski definition) is 6. The molecule has 1 amide bonds. The van der Waals surface area contributed by atoms with Crippen LogP contribution in [0.3, 0.4) is 0 Å². The third-order valence-corrected chi connectivity index (χ3v) is 3.15. The van der Waals surface area contributed by atoms with Gasteiger partial charge < -0.3 is 19.7 Å². The third kappa shape index (κ3) is 7.62. The molecule has 0 aliphatic rings. The number of nitrogens with zero attached hydrogens (tertiary/aromatic N) is 1. The van der Waals surface area contributed by atoms with E-state index in [2.05, 4.69) is 5.32 Å². The molecule has 0 atom stereocenters. The molecule has 1 aromatic carbocycles. The number of anilines is 2. The van der Waals surface area contributed by atoms with Gasteiger partial charge in [-0.05, 0) is 18.2 Å². The number of amides is 1. The fourth-order valence-electron chi connectivity index (χ4n) is 2.00. The lowest BCUT2D eigenvalue weighted by molar-refractivity contribution is -0.141. The van der Waals surface area contributed by atoms with E-state index in [0.717, 1.165) is 5.69 Å². The summed E-state index contributed by atoms with van der Waals surface area (Å²) in [7, 11) is 0. The molecule has 0 saturated heterocycles. The van der Waals surface area contributed by atoms with Crippen molar-refractivity contribution in [1.82, 2.24) is 0 Å². The summed E-state index contributed by atoms with van der Waals surface area (Å²) in [6, 6.07) is 7.33. The molecule has 0 fully saturated rings. The van der Waals surface area contributed by atoms with E-state index in [1.165, 1.54) is 13.8 Å². The number of benzene rings is 1. The van der Waals surface area contributed by atoms with E-state index in [1.54, 1.807) is 13.0 Å². The van der Waals surface area contributed by atoms with Gasteiger partial charge in [-0.25, -0.2) is 0 Å². The topological polar surface area (TPSA) is 84.9 Å². The minimum Gasteiger partial charge on any atom is -0.464 e. The normalized spacial score (nSPS) is 9.96. The summed E-state index contributed by atoms with van der Waals surface area (Å²) in [5.74, 6) is -0.767. The fourth-order valence-corrected chi connectivity index (χ4v) is 2.00. The maximum absolute atomic E-state index is 11.5. The molecule has 0 bridgehead atoms. The molecule has 7 nitrogen and oxygen atoms in total. The second-order valence-corrected chi connectivity index (χ2v) is 5.12. The summed E-state index contributed by atoms with van der Waals surface area (Å²) in [5, 5.41) is 2.80. The molecule has 0 heterocycles. The molecule has 0 aromatic heterocycles. The van der Waals surface area contributed by atoms with Crippen LogP contribution in [0.15, 0.2) is 24.3 Å². The summed E-state index contributed by atoms with van der Waals surface area (Å²) in [6.07, 6.45) is 0.396. The number of hydrogen-bond donors (Lipinski definition) is 1. The highest BCUT2D eigenvalue weighted by Gasteiger charge is 2.10. The minimum atomic E-state index is -0.348. The highest BCUT2D eigenvalue weighted by Crippen LogP contribution is 2.19. The standard InChI is InChI=1S/C17H24N2O5/c1-4-17(22)18-15-6-5-7-16(12-15)19(8-10-23-13(2)20)9-11-24-14(3)21/h5-7,12H,4,8-11H2,1-3H3,(H,18,22). The molecule has 132 valence electrons. The smallest absolute Gasteiger partial charge is 0.302 e. The van der Waals surface area contributed by atoms with E-state index >= 15 is 0 Å². The molecule has 0 spiro atoms. The molecule has 1 N–H and O–H groups in total. The lowest BCUT2D eigenvalue weighted by Gasteiger charge is -2.25. The monoisotopic (exact) mass is 336 g/mol. The first kappa shape index (κ1) is 19.5. The summed E-state index contributed by atoms with van der Waals surface area (Å²) in [4.78, 5) is 35.3. The van der Waals surface area contributed by atoms with E-state index in [9.17, 15) is 14.4 Å². The predicted molar refractivity (Wildman–Crippen MR) is 90.8 cm³/mol. The Morgan fingerprint density at radius 2 is 1.62 bits per heavy atom. The Kier molecular flexibility index (Phi) is 8.32. The van der Waals surface area contributed by atoms with Crippen LogP contribution in [0, 0.1) is 0 Å². The Bertz CT molecular complexity index is 554. The van der Waals surface area contributed by atoms with Crippen LogP contribution < -0.4 is 10.2 Å². The number of ether oxygens (including phenoxy) is 2. The van der Waals surface area contributed by atoms with Gasteiger partial charge in [0.05, 0.1) is 13.1 Å². The van der Waals surface area contributed by atoms with Gasteiger partial charge in [0.1, 0.15) is 13.2 Å². The van der Waals surface area contributed by atoms with Crippen LogP contribution in [0.5, 0.6) is 0 Å². The first-order chi connectivity index (χ1) is 11.4. The number of esters is 2. The Morgan fingerprint density at radius 1 is 1.04 bits per heavy atom. The highest BCUT2D eigenvalue weighted by molar-refractivity contribution is 5.91. The van der Waals surface area contributed by atoms with Crippen LogP contribution in [0.1, 0.15) is 27.2 Å². The molecule has 1 rings (SSSR count). The molecule has 0 radical (unpaired) electrons. The largest absolute Gasteiger partial charge is 0.464 e. The van der Waals surface area contributed by atoms with Gasteiger partial charge in [-0.3, -0.25) is 14.4 Å². The van der Waals surface area contributed by atoms with Gasteiger partial charge in [0.2, 0.25) is 5.91 Å². The molecular formula is C17H24N2O5. The SMILES string of the molecule is CCC(=O)Nc1cccc(N(CCOC(C)=O)CCOC(C)=O)c1. The average molecular weight is 336 g/mol. The van der Waals surface area contributed by atoms with Crippen molar-refractivity contribution >= 4 is 29.2 Å². The molecule has 7 heteroatoms. The summed E-state index contributed by atoms with van der Waals surface area (Å²) < 4.78 is 9.95. The van der Waals surface area contributed by atoms with E-state index in [0.29, 0.717) is 25.2 Å². The highest BCUT2D eigenvalue weighted by atomic mass is 16.5. The number of carbonyl (C=O) groups is 3. The molecular weight excluding hydrogens is 312 g/mol. The van der Waals surface area contributed by atoms with Gasteiger partial charge in [0.15, 0.2) is 0 Å². The zero-order valence-corrected chi connectivity index (χ0v) is 14.3. The van der Waals surface area contributed by atoms with Crippen LogP contribution in [-0.4, -0.2) is 44.1 Å². The van der Waals surface area contributed by atoms with Crippen LogP contribution in [0.4, 0.5) is 11.4 Å². The van der Waals surface area contributed by atoms with Crippen LogP contribution in [0.25, 0.3) is 0 Å². The van der Waals surface area contributed by atoms with Gasteiger partial charge in [-0.1, -0.05) is 13.0 Å². The molecule has 24 heavy (non-hydrogen) atoms. The van der Waals surface area contributed by atoms with E-state index in [4.69, 9.17) is 9.47 Å². The fraction of sp³-hybridized carbons (Fsp3) is 0.471. The predicted octanol–water partition coefficient (Wildman–Crippen LogP) is 1.97. The van der Waals surface area contributed by atoms with E-state index in [-0.39, 0.29) is 31.1 Å². The van der Waals surface area contributed by atoms with Crippen molar-refractivity contribution in [3.8, 4) is 0 Å². The lowest BCUT2D eigenvalue weighted by Crippen LogP contribution is -2.32. The number of carbonyl (C=O) groups excluding carboxylic acids is 3. The van der Waals surface area contributed by atoms with Gasteiger partial charge >= 0.3 is 11.9 Å². The van der Waals surface area contributed by atoms with Crippen LogP contribution >= 0.6 is 0 Å². The Hall–Kier alpha value is -2.57. The van der Waals surface area contributed by atoms with Crippen molar-refractivity contribution < 1.29 is 23.9 Å². The lowest BCUT2D eigenvalue weighted by atomic mass is 10.2. The molecule has 0 saturated carbocycles. The third-order valence-electron chi connectivity index (χ3n) is 3.15. The second kappa shape index (κ2) is 10.3. The quantitative estimate of drug-likeness (QED) is 0.694. The van der Waals surface area contributed by atoms with Crippen molar-refractivity contribution in [1.29, 1.82) is 0 Å². The molecule has 0 aliphatic heterocycles. The molecule has 0 aliphatic carbocycles. The van der Waals surface area contributed by atoms with Crippen molar-refractivity contribution in [2.24, 2.45) is 0 Å². The number of nitrogens with one attached hydrogen (secondary N) is 1. The zero-order chi connectivity index (χ0) is 17.9. The summed E-state index contributed by atoms with van der Waals surface area (Å²) in [5.41, 5.74) is 1.52. The van der Waals surface area contributed by atoms with Crippen LogP contribution in [0.2, 0.25) is 0 Å². The molecule has 1 aromatic rings. The van der Waals surface area contributed by atoms with Gasteiger partial charge in [-0.2, -0.15) is 0 Å². The Labute approximate surface area is 141 Å². The maximum Gasteiger partial charge on any atom is 0.302 e.